The van der Waals surface area contributed by atoms with Crippen molar-refractivity contribution in [3.8, 4) is 5.75 Å². The fourth-order valence-electron chi connectivity index (χ4n) is 2.20. The van der Waals surface area contributed by atoms with Gasteiger partial charge in [0, 0.05) is 37.1 Å². The van der Waals surface area contributed by atoms with Gasteiger partial charge in [-0.25, -0.2) is 0 Å². The molecule has 1 heterocycles. The third-order valence-corrected chi connectivity index (χ3v) is 3.39. The van der Waals surface area contributed by atoms with Crippen LogP contribution < -0.4 is 10.1 Å². The monoisotopic (exact) mass is 258 g/mol. The lowest BCUT2D eigenvalue weighted by atomic mass is 10.1. The summed E-state index contributed by atoms with van der Waals surface area (Å²) in [5, 5.41) is 3.53. The van der Waals surface area contributed by atoms with Gasteiger partial charge in [-0.2, -0.15) is 0 Å². The zero-order chi connectivity index (χ0) is 13.7. The number of methoxy groups -OCH3 is 1. The quantitative estimate of drug-likeness (QED) is 0.859. The first kappa shape index (κ1) is 13.7. The minimum atomic E-state index is 0.265. The number of para-hydroxylation sites is 1. The molecular weight excluding hydrogens is 236 g/mol. The highest BCUT2D eigenvalue weighted by Crippen LogP contribution is 2.24. The summed E-state index contributed by atoms with van der Waals surface area (Å²) in [6.45, 7) is 6.19. The number of nitrogens with zero attached hydrogens (tertiary/aromatic N) is 1. The molecule has 0 bridgehead atoms. The minimum absolute atomic E-state index is 0.265. The average molecular weight is 258 g/mol. The van der Waals surface area contributed by atoms with Gasteiger partial charge >= 0.3 is 0 Å². The highest BCUT2D eigenvalue weighted by Gasteiger charge is 2.10. The van der Waals surface area contributed by atoms with Crippen LogP contribution in [0.15, 0.2) is 42.7 Å². The molecule has 3 heteroatoms. The second kappa shape index (κ2) is 6.43. The maximum absolute atomic E-state index is 5.40. The Morgan fingerprint density at radius 2 is 2.05 bits per heavy atom. The highest BCUT2D eigenvalue weighted by molar-refractivity contribution is 5.35. The summed E-state index contributed by atoms with van der Waals surface area (Å²) in [6.07, 6.45) is 4.30. The second-order valence-corrected chi connectivity index (χ2v) is 4.69. The Morgan fingerprint density at radius 3 is 2.74 bits per heavy atom. The van der Waals surface area contributed by atoms with Crippen molar-refractivity contribution >= 4 is 0 Å². The van der Waals surface area contributed by atoms with E-state index in [2.05, 4.69) is 48.3 Å². The van der Waals surface area contributed by atoms with Crippen LogP contribution in [0, 0.1) is 0 Å². The Labute approximate surface area is 115 Å². The molecule has 0 amide bonds. The van der Waals surface area contributed by atoms with Gasteiger partial charge in [0.1, 0.15) is 5.75 Å². The summed E-state index contributed by atoms with van der Waals surface area (Å²) in [4.78, 5) is 0. The molecule has 102 valence electrons. The molecule has 0 fully saturated rings. The molecular formula is C16H22N2O. The van der Waals surface area contributed by atoms with Crippen LogP contribution in [0.1, 0.15) is 31.0 Å². The summed E-state index contributed by atoms with van der Waals surface area (Å²) < 4.78 is 7.58. The van der Waals surface area contributed by atoms with Gasteiger partial charge in [0.15, 0.2) is 0 Å². The molecule has 0 unspecified atom stereocenters. The van der Waals surface area contributed by atoms with Gasteiger partial charge in [0.05, 0.1) is 7.11 Å². The fraction of sp³-hybridized carbons (Fsp3) is 0.375. The lowest BCUT2D eigenvalue weighted by Crippen LogP contribution is -2.18. The van der Waals surface area contributed by atoms with Gasteiger partial charge in [0.25, 0.3) is 0 Å². The van der Waals surface area contributed by atoms with Crippen LogP contribution in [0.5, 0.6) is 5.75 Å². The van der Waals surface area contributed by atoms with Crippen LogP contribution in [0.2, 0.25) is 0 Å². The SMILES string of the molecule is CCn1ccc(CN[C@@H](C)c2ccccc2OC)c1. The lowest BCUT2D eigenvalue weighted by molar-refractivity contribution is 0.401. The van der Waals surface area contributed by atoms with Crippen molar-refractivity contribution in [1.82, 2.24) is 9.88 Å². The van der Waals surface area contributed by atoms with E-state index in [1.165, 1.54) is 11.1 Å². The average Bonchev–Trinajstić information content (AvgIpc) is 2.92. The predicted octanol–water partition coefficient (Wildman–Crippen LogP) is 3.37. The lowest BCUT2D eigenvalue weighted by Gasteiger charge is -2.16. The molecule has 19 heavy (non-hydrogen) atoms. The number of hydrogen-bond donors (Lipinski definition) is 1. The molecule has 1 aromatic heterocycles. The molecule has 0 aliphatic rings. The summed E-state index contributed by atoms with van der Waals surface area (Å²) in [5.74, 6) is 0.939. The molecule has 3 nitrogen and oxygen atoms in total. The smallest absolute Gasteiger partial charge is 0.123 e. The Morgan fingerprint density at radius 1 is 1.26 bits per heavy atom. The molecule has 1 N–H and O–H groups in total. The number of benzene rings is 1. The first-order valence-corrected chi connectivity index (χ1v) is 6.75. The Bertz CT molecular complexity index is 519. The Kier molecular flexibility index (Phi) is 4.63. The molecule has 1 aromatic carbocycles. The van der Waals surface area contributed by atoms with E-state index in [9.17, 15) is 0 Å². The van der Waals surface area contributed by atoms with Crippen LogP contribution in [0.4, 0.5) is 0 Å². The van der Waals surface area contributed by atoms with Crippen molar-refractivity contribution in [3.63, 3.8) is 0 Å². The van der Waals surface area contributed by atoms with Gasteiger partial charge in [-0.3, -0.25) is 0 Å². The summed E-state index contributed by atoms with van der Waals surface area (Å²) in [5.41, 5.74) is 2.50. The van der Waals surface area contributed by atoms with Crippen LogP contribution >= 0.6 is 0 Å². The Balaban J connectivity index is 1.98. The van der Waals surface area contributed by atoms with Crippen molar-refractivity contribution in [3.05, 3.63) is 53.9 Å². The minimum Gasteiger partial charge on any atom is -0.496 e. The molecule has 2 aromatic rings. The van der Waals surface area contributed by atoms with Crippen molar-refractivity contribution in [1.29, 1.82) is 0 Å². The molecule has 0 saturated heterocycles. The third-order valence-electron chi connectivity index (χ3n) is 3.39. The van der Waals surface area contributed by atoms with E-state index in [1.54, 1.807) is 7.11 Å². The van der Waals surface area contributed by atoms with Crippen molar-refractivity contribution in [2.24, 2.45) is 0 Å². The van der Waals surface area contributed by atoms with Crippen LogP contribution in [-0.4, -0.2) is 11.7 Å². The molecule has 1 atom stereocenters. The van der Waals surface area contributed by atoms with Gasteiger partial charge in [-0.15, -0.1) is 0 Å². The summed E-state index contributed by atoms with van der Waals surface area (Å²) in [7, 11) is 1.72. The zero-order valence-corrected chi connectivity index (χ0v) is 11.9. The van der Waals surface area contributed by atoms with Crippen LogP contribution in [0.3, 0.4) is 0 Å². The number of nitrogens with one attached hydrogen (secondary N) is 1. The number of aromatic nitrogens is 1. The van der Waals surface area contributed by atoms with E-state index in [0.717, 1.165) is 18.8 Å². The molecule has 0 saturated carbocycles. The van der Waals surface area contributed by atoms with Gasteiger partial charge in [-0.05, 0) is 31.5 Å². The number of rotatable bonds is 6. The maximum Gasteiger partial charge on any atom is 0.123 e. The normalized spacial score (nSPS) is 12.4. The van der Waals surface area contributed by atoms with Crippen LogP contribution in [-0.2, 0) is 13.1 Å². The number of ether oxygens (including phenoxy) is 1. The standard InChI is InChI=1S/C16H22N2O/c1-4-18-10-9-14(12-18)11-17-13(2)15-7-5-6-8-16(15)19-3/h5-10,12-13,17H,4,11H2,1-3H3/t13-/m0/s1. The zero-order valence-electron chi connectivity index (χ0n) is 11.9. The molecule has 0 spiro atoms. The molecule has 0 radical (unpaired) electrons. The maximum atomic E-state index is 5.40. The predicted molar refractivity (Wildman–Crippen MR) is 78.4 cm³/mol. The van der Waals surface area contributed by atoms with Gasteiger partial charge in [0.2, 0.25) is 0 Å². The van der Waals surface area contributed by atoms with E-state index < -0.39 is 0 Å². The molecule has 0 aliphatic heterocycles. The Hall–Kier alpha value is -1.74. The first-order chi connectivity index (χ1) is 9.24. The summed E-state index contributed by atoms with van der Waals surface area (Å²) >= 11 is 0. The fourth-order valence-corrected chi connectivity index (χ4v) is 2.20. The van der Waals surface area contributed by atoms with Gasteiger partial charge < -0.3 is 14.6 Å². The van der Waals surface area contributed by atoms with E-state index in [4.69, 9.17) is 4.74 Å². The molecule has 2 rings (SSSR count). The topological polar surface area (TPSA) is 26.2 Å². The van der Waals surface area contributed by atoms with Gasteiger partial charge in [-0.1, -0.05) is 18.2 Å². The first-order valence-electron chi connectivity index (χ1n) is 6.75. The summed E-state index contributed by atoms with van der Waals surface area (Å²) in [6, 6.07) is 10.6. The number of hydrogen-bond acceptors (Lipinski definition) is 2. The van der Waals surface area contributed by atoms with E-state index >= 15 is 0 Å². The second-order valence-electron chi connectivity index (χ2n) is 4.69. The van der Waals surface area contributed by atoms with E-state index in [1.807, 2.05) is 18.2 Å². The van der Waals surface area contributed by atoms with Crippen molar-refractivity contribution < 1.29 is 4.74 Å². The van der Waals surface area contributed by atoms with Crippen molar-refractivity contribution in [2.45, 2.75) is 33.0 Å². The van der Waals surface area contributed by atoms with E-state index in [0.29, 0.717) is 0 Å². The number of aryl methyl sites for hydroxylation is 1. The van der Waals surface area contributed by atoms with E-state index in [-0.39, 0.29) is 6.04 Å². The van der Waals surface area contributed by atoms with Crippen molar-refractivity contribution in [2.75, 3.05) is 7.11 Å². The third kappa shape index (κ3) is 3.38. The van der Waals surface area contributed by atoms with Crippen LogP contribution in [0.25, 0.3) is 0 Å². The highest BCUT2D eigenvalue weighted by atomic mass is 16.5. The largest absolute Gasteiger partial charge is 0.496 e. The molecule has 0 aliphatic carbocycles.